The fraction of sp³-hybridized carbons (Fsp3) is 0.471. The minimum absolute atomic E-state index is 0.486. The van der Waals surface area contributed by atoms with Crippen LogP contribution >= 0.6 is 0 Å². The molecule has 0 spiro atoms. The van der Waals surface area contributed by atoms with E-state index in [-0.39, 0.29) is 0 Å². The van der Waals surface area contributed by atoms with Gasteiger partial charge in [0.2, 0.25) is 0 Å². The monoisotopic (exact) mass is 271 g/mol. The first-order valence-corrected chi connectivity index (χ1v) is 7.42. The van der Waals surface area contributed by atoms with Crippen molar-refractivity contribution >= 4 is 10.9 Å². The first-order valence-electron chi connectivity index (χ1n) is 7.42. The molecule has 1 unspecified atom stereocenters. The van der Waals surface area contributed by atoms with Gasteiger partial charge in [0, 0.05) is 18.0 Å². The number of fused-ring (bicyclic) bond motifs is 1. The first kappa shape index (κ1) is 13.5. The second kappa shape index (κ2) is 5.51. The smallest absolute Gasteiger partial charge is 0.0908 e. The fourth-order valence-electron chi connectivity index (χ4n) is 3.23. The Kier molecular flexibility index (Phi) is 3.72. The van der Waals surface area contributed by atoms with Gasteiger partial charge in [0.1, 0.15) is 0 Å². The lowest BCUT2D eigenvalue weighted by Crippen LogP contribution is -2.45. The van der Waals surface area contributed by atoms with Crippen molar-refractivity contribution in [2.24, 2.45) is 0 Å². The number of benzene rings is 1. The van der Waals surface area contributed by atoms with E-state index in [9.17, 15) is 10.2 Å². The van der Waals surface area contributed by atoms with Gasteiger partial charge in [0.15, 0.2) is 0 Å². The van der Waals surface area contributed by atoms with Gasteiger partial charge in [0.25, 0.3) is 0 Å². The molecular weight excluding hydrogens is 250 g/mol. The van der Waals surface area contributed by atoms with E-state index in [4.69, 9.17) is 0 Å². The molecule has 1 aromatic heterocycles. The molecule has 3 nitrogen and oxygen atoms in total. The molecule has 3 heteroatoms. The van der Waals surface area contributed by atoms with E-state index in [0.717, 1.165) is 35.7 Å². The minimum Gasteiger partial charge on any atom is -0.390 e. The highest BCUT2D eigenvalue weighted by Crippen LogP contribution is 2.33. The summed E-state index contributed by atoms with van der Waals surface area (Å²) in [6.07, 6.45) is 6.14. The van der Waals surface area contributed by atoms with Crippen LogP contribution in [-0.4, -0.2) is 26.9 Å². The van der Waals surface area contributed by atoms with Gasteiger partial charge in [-0.1, -0.05) is 37.5 Å². The predicted octanol–water partition coefficient (Wildman–Crippen LogP) is 2.83. The number of hydrogen-bond acceptors (Lipinski definition) is 3. The summed E-state index contributed by atoms with van der Waals surface area (Å²) < 4.78 is 0. The van der Waals surface area contributed by atoms with Gasteiger partial charge in [-0.15, -0.1) is 0 Å². The maximum Gasteiger partial charge on any atom is 0.0908 e. The number of para-hydroxylation sites is 1. The largest absolute Gasteiger partial charge is 0.390 e. The molecule has 1 fully saturated rings. The normalized spacial score (nSPS) is 19.9. The predicted molar refractivity (Wildman–Crippen MR) is 79.5 cm³/mol. The molecule has 0 bridgehead atoms. The molecule has 2 N–H and O–H groups in total. The maximum atomic E-state index is 10.6. The second-order valence-corrected chi connectivity index (χ2v) is 5.87. The Morgan fingerprint density at radius 1 is 1.10 bits per heavy atom. The number of aliphatic hydroxyl groups is 2. The third-order valence-electron chi connectivity index (χ3n) is 4.49. The standard InChI is InChI=1S/C17H21NO2/c19-16(17(20)9-4-1-5-10-17)12-13-8-11-18-15-7-3-2-6-14(13)15/h2-3,6-8,11,16,19-20H,1,4-5,9-10,12H2. The summed E-state index contributed by atoms with van der Waals surface area (Å²) >= 11 is 0. The summed E-state index contributed by atoms with van der Waals surface area (Å²) in [5.74, 6) is 0. The van der Waals surface area contributed by atoms with Crippen LogP contribution in [0.5, 0.6) is 0 Å². The Hall–Kier alpha value is -1.45. The number of nitrogens with zero attached hydrogens (tertiary/aromatic N) is 1. The van der Waals surface area contributed by atoms with Crippen LogP contribution in [0, 0.1) is 0 Å². The Labute approximate surface area is 119 Å². The van der Waals surface area contributed by atoms with Crippen LogP contribution in [0.3, 0.4) is 0 Å². The quantitative estimate of drug-likeness (QED) is 0.902. The summed E-state index contributed by atoms with van der Waals surface area (Å²) in [4.78, 5) is 4.33. The molecule has 20 heavy (non-hydrogen) atoms. The van der Waals surface area contributed by atoms with Crippen molar-refractivity contribution in [1.29, 1.82) is 0 Å². The van der Waals surface area contributed by atoms with E-state index in [1.54, 1.807) is 6.20 Å². The topological polar surface area (TPSA) is 53.4 Å². The molecule has 1 aromatic carbocycles. The SMILES string of the molecule is OC(Cc1ccnc2ccccc12)C1(O)CCCCC1. The minimum atomic E-state index is -0.914. The molecule has 1 aliphatic rings. The summed E-state index contributed by atoms with van der Waals surface area (Å²) in [6.45, 7) is 0. The van der Waals surface area contributed by atoms with Crippen LogP contribution in [0.1, 0.15) is 37.7 Å². The lowest BCUT2D eigenvalue weighted by molar-refractivity contribution is -0.0959. The van der Waals surface area contributed by atoms with Gasteiger partial charge in [0.05, 0.1) is 17.2 Å². The first-order chi connectivity index (χ1) is 9.69. The summed E-state index contributed by atoms with van der Waals surface area (Å²) in [5.41, 5.74) is 1.08. The average Bonchev–Trinajstić information content (AvgIpc) is 2.48. The molecule has 2 aromatic rings. The Morgan fingerprint density at radius 3 is 2.65 bits per heavy atom. The van der Waals surface area contributed by atoms with Gasteiger partial charge < -0.3 is 10.2 Å². The van der Waals surface area contributed by atoms with Crippen LogP contribution in [0.15, 0.2) is 36.5 Å². The van der Waals surface area contributed by atoms with Crippen molar-refractivity contribution in [2.45, 2.75) is 50.2 Å². The molecule has 1 atom stereocenters. The second-order valence-electron chi connectivity index (χ2n) is 5.87. The number of rotatable bonds is 3. The number of hydrogen-bond donors (Lipinski definition) is 2. The van der Waals surface area contributed by atoms with Crippen LogP contribution in [0.4, 0.5) is 0 Å². The molecule has 1 aliphatic carbocycles. The zero-order valence-electron chi connectivity index (χ0n) is 11.6. The summed E-state index contributed by atoms with van der Waals surface area (Å²) in [6, 6.07) is 9.88. The fourth-order valence-corrected chi connectivity index (χ4v) is 3.23. The van der Waals surface area contributed by atoms with Gasteiger partial charge in [-0.2, -0.15) is 0 Å². The van der Waals surface area contributed by atoms with Crippen LogP contribution in [0.2, 0.25) is 0 Å². The van der Waals surface area contributed by atoms with E-state index >= 15 is 0 Å². The summed E-state index contributed by atoms with van der Waals surface area (Å²) in [5, 5.41) is 22.1. The van der Waals surface area contributed by atoms with Gasteiger partial charge >= 0.3 is 0 Å². The number of pyridine rings is 1. The Morgan fingerprint density at radius 2 is 1.85 bits per heavy atom. The van der Waals surface area contributed by atoms with Crippen molar-refractivity contribution in [2.75, 3.05) is 0 Å². The van der Waals surface area contributed by atoms with Gasteiger partial charge in [-0.3, -0.25) is 4.98 Å². The number of aromatic nitrogens is 1. The highest BCUT2D eigenvalue weighted by molar-refractivity contribution is 5.81. The lowest BCUT2D eigenvalue weighted by atomic mass is 9.78. The van der Waals surface area contributed by atoms with E-state index in [1.807, 2.05) is 30.3 Å². The van der Waals surface area contributed by atoms with Crippen LogP contribution in [-0.2, 0) is 6.42 Å². The lowest BCUT2D eigenvalue weighted by Gasteiger charge is -2.36. The molecule has 106 valence electrons. The van der Waals surface area contributed by atoms with Gasteiger partial charge in [-0.05, 0) is 30.5 Å². The summed E-state index contributed by atoms with van der Waals surface area (Å²) in [7, 11) is 0. The number of aliphatic hydroxyl groups excluding tert-OH is 1. The van der Waals surface area contributed by atoms with Crippen LogP contribution in [0.25, 0.3) is 10.9 Å². The molecule has 0 saturated heterocycles. The van der Waals surface area contributed by atoms with E-state index in [0.29, 0.717) is 19.3 Å². The van der Waals surface area contributed by atoms with Crippen molar-refractivity contribution in [3.63, 3.8) is 0 Å². The van der Waals surface area contributed by atoms with Crippen molar-refractivity contribution in [1.82, 2.24) is 4.98 Å². The molecule has 0 aliphatic heterocycles. The molecular formula is C17H21NO2. The van der Waals surface area contributed by atoms with Crippen LogP contribution < -0.4 is 0 Å². The van der Waals surface area contributed by atoms with Crippen molar-refractivity contribution < 1.29 is 10.2 Å². The average molecular weight is 271 g/mol. The Balaban J connectivity index is 1.85. The zero-order chi connectivity index (χ0) is 14.0. The maximum absolute atomic E-state index is 10.6. The van der Waals surface area contributed by atoms with Gasteiger partial charge in [-0.25, -0.2) is 0 Å². The third kappa shape index (κ3) is 2.56. The molecule has 3 rings (SSSR count). The van der Waals surface area contributed by atoms with E-state index in [1.165, 1.54) is 0 Å². The highest BCUT2D eigenvalue weighted by atomic mass is 16.3. The Bertz CT molecular complexity index is 585. The third-order valence-corrected chi connectivity index (χ3v) is 4.49. The van der Waals surface area contributed by atoms with Crippen molar-refractivity contribution in [3.8, 4) is 0 Å². The molecule has 0 amide bonds. The zero-order valence-corrected chi connectivity index (χ0v) is 11.6. The van der Waals surface area contributed by atoms with E-state index in [2.05, 4.69) is 4.98 Å². The molecule has 1 saturated carbocycles. The van der Waals surface area contributed by atoms with E-state index < -0.39 is 11.7 Å². The molecule has 0 radical (unpaired) electrons. The highest BCUT2D eigenvalue weighted by Gasteiger charge is 2.36. The van der Waals surface area contributed by atoms with Crippen molar-refractivity contribution in [3.05, 3.63) is 42.1 Å². The molecule has 1 heterocycles.